The van der Waals surface area contributed by atoms with Gasteiger partial charge in [-0.3, -0.25) is 5.41 Å². The number of nitrogens with two attached hydrogens (primary N) is 1. The summed E-state index contributed by atoms with van der Waals surface area (Å²) in [5.41, 5.74) is 6.07. The van der Waals surface area contributed by atoms with Gasteiger partial charge in [0.15, 0.2) is 0 Å². The topological polar surface area (TPSA) is 53.1 Å². The van der Waals surface area contributed by atoms with E-state index in [0.29, 0.717) is 11.3 Å². The minimum Gasteiger partial charge on any atom is -0.387 e. The van der Waals surface area contributed by atoms with E-state index in [1.54, 1.807) is 0 Å². The highest BCUT2D eigenvalue weighted by atomic mass is 15.2. The first-order valence-corrected chi connectivity index (χ1v) is 7.42. The van der Waals surface area contributed by atoms with E-state index in [9.17, 15) is 0 Å². The maximum Gasteiger partial charge on any atom is 0.0963 e. The van der Waals surface area contributed by atoms with Crippen LogP contribution in [0.4, 0.5) is 0 Å². The predicted octanol–water partition coefficient (Wildman–Crippen LogP) is 3.24. The quantitative estimate of drug-likeness (QED) is 0.540. The Morgan fingerprint density at radius 3 is 2.39 bits per heavy atom. The highest BCUT2D eigenvalue weighted by Gasteiger charge is 2.34. The molecule has 3 heteroatoms. The molecule has 1 rings (SSSR count). The third-order valence-corrected chi connectivity index (χ3v) is 5.02. The number of hydrogen-bond donors (Lipinski definition) is 2. The largest absolute Gasteiger partial charge is 0.387 e. The first-order valence-electron chi connectivity index (χ1n) is 7.42. The average molecular weight is 253 g/mol. The molecule has 3 N–H and O–H groups in total. The SMILES string of the molecule is CCC1(CC)CCN(CCCC(C)(C)C(=N)N)C1. The first kappa shape index (κ1) is 15.5. The molecule has 0 unspecified atom stereocenters. The van der Waals surface area contributed by atoms with Crippen molar-refractivity contribution in [1.29, 1.82) is 5.41 Å². The molecule has 0 aromatic carbocycles. The number of hydrogen-bond acceptors (Lipinski definition) is 2. The molecule has 0 atom stereocenters. The summed E-state index contributed by atoms with van der Waals surface area (Å²) in [5, 5.41) is 7.57. The lowest BCUT2D eigenvalue weighted by atomic mass is 9.82. The normalized spacial score (nSPS) is 20.2. The minimum absolute atomic E-state index is 0.133. The Kier molecular flexibility index (Phi) is 5.20. The van der Waals surface area contributed by atoms with Crippen LogP contribution in [0.15, 0.2) is 0 Å². The first-order chi connectivity index (χ1) is 8.35. The van der Waals surface area contributed by atoms with Crippen LogP contribution in [0.3, 0.4) is 0 Å². The van der Waals surface area contributed by atoms with Crippen molar-refractivity contribution >= 4 is 5.84 Å². The van der Waals surface area contributed by atoms with E-state index in [1.165, 1.54) is 38.9 Å². The molecule has 0 bridgehead atoms. The predicted molar refractivity (Wildman–Crippen MR) is 79.0 cm³/mol. The summed E-state index contributed by atoms with van der Waals surface area (Å²) in [6.07, 6.45) is 6.13. The van der Waals surface area contributed by atoms with Gasteiger partial charge in [-0.25, -0.2) is 0 Å². The molecule has 1 aliphatic heterocycles. The summed E-state index contributed by atoms with van der Waals surface area (Å²) in [4.78, 5) is 2.60. The second kappa shape index (κ2) is 6.05. The summed E-state index contributed by atoms with van der Waals surface area (Å²) in [5.74, 6) is 0.320. The molecule has 1 fully saturated rings. The molecule has 1 heterocycles. The molecule has 0 aromatic rings. The van der Waals surface area contributed by atoms with Crippen LogP contribution >= 0.6 is 0 Å². The van der Waals surface area contributed by atoms with Crippen molar-refractivity contribution in [3.05, 3.63) is 0 Å². The zero-order valence-corrected chi connectivity index (χ0v) is 12.7. The van der Waals surface area contributed by atoms with Crippen molar-refractivity contribution in [2.24, 2.45) is 16.6 Å². The number of nitrogens with zero attached hydrogens (tertiary/aromatic N) is 1. The van der Waals surface area contributed by atoms with Crippen molar-refractivity contribution in [3.63, 3.8) is 0 Å². The molecule has 3 nitrogen and oxygen atoms in total. The summed E-state index contributed by atoms with van der Waals surface area (Å²) < 4.78 is 0. The third kappa shape index (κ3) is 3.71. The van der Waals surface area contributed by atoms with Gasteiger partial charge >= 0.3 is 0 Å². The van der Waals surface area contributed by atoms with Gasteiger partial charge in [0.2, 0.25) is 0 Å². The van der Waals surface area contributed by atoms with Gasteiger partial charge in [0.1, 0.15) is 0 Å². The molecule has 0 aliphatic carbocycles. The molecule has 0 saturated carbocycles. The van der Waals surface area contributed by atoms with E-state index in [2.05, 4.69) is 32.6 Å². The molecular formula is C15H31N3. The van der Waals surface area contributed by atoms with Gasteiger partial charge in [-0.1, -0.05) is 27.7 Å². The van der Waals surface area contributed by atoms with Crippen molar-refractivity contribution in [2.45, 2.75) is 59.8 Å². The Bertz CT molecular complexity index is 279. The van der Waals surface area contributed by atoms with E-state index in [1.807, 2.05) is 0 Å². The molecule has 0 spiro atoms. The van der Waals surface area contributed by atoms with Gasteiger partial charge in [-0.05, 0) is 50.6 Å². The minimum atomic E-state index is -0.133. The molecule has 0 radical (unpaired) electrons. The highest BCUT2D eigenvalue weighted by Crippen LogP contribution is 2.37. The summed E-state index contributed by atoms with van der Waals surface area (Å²) in [6, 6.07) is 0. The second-order valence-electron chi connectivity index (χ2n) is 6.63. The molecule has 1 aliphatic rings. The molecule has 106 valence electrons. The van der Waals surface area contributed by atoms with Crippen LogP contribution in [0.2, 0.25) is 0 Å². The highest BCUT2D eigenvalue weighted by molar-refractivity contribution is 5.82. The fourth-order valence-electron chi connectivity index (χ4n) is 2.93. The van der Waals surface area contributed by atoms with Crippen molar-refractivity contribution in [1.82, 2.24) is 4.90 Å². The van der Waals surface area contributed by atoms with Gasteiger partial charge in [0.05, 0.1) is 5.84 Å². The van der Waals surface area contributed by atoms with Gasteiger partial charge < -0.3 is 10.6 Å². The summed E-state index contributed by atoms with van der Waals surface area (Å²) in [6.45, 7) is 12.5. The Hall–Kier alpha value is -0.570. The van der Waals surface area contributed by atoms with E-state index in [0.717, 1.165) is 12.8 Å². The van der Waals surface area contributed by atoms with Gasteiger partial charge in [0, 0.05) is 12.0 Å². The van der Waals surface area contributed by atoms with E-state index >= 15 is 0 Å². The Balaban J connectivity index is 2.32. The van der Waals surface area contributed by atoms with Crippen LogP contribution in [-0.2, 0) is 0 Å². The van der Waals surface area contributed by atoms with Crippen LogP contribution < -0.4 is 5.73 Å². The lowest BCUT2D eigenvalue weighted by Gasteiger charge is -2.27. The van der Waals surface area contributed by atoms with Crippen LogP contribution in [0.25, 0.3) is 0 Å². The summed E-state index contributed by atoms with van der Waals surface area (Å²) in [7, 11) is 0. The Morgan fingerprint density at radius 2 is 1.94 bits per heavy atom. The van der Waals surface area contributed by atoms with Gasteiger partial charge in [-0.2, -0.15) is 0 Å². The summed E-state index contributed by atoms with van der Waals surface area (Å²) >= 11 is 0. The zero-order valence-electron chi connectivity index (χ0n) is 12.7. The molecule has 0 amide bonds. The van der Waals surface area contributed by atoms with Crippen LogP contribution in [0.5, 0.6) is 0 Å². The van der Waals surface area contributed by atoms with Gasteiger partial charge in [-0.15, -0.1) is 0 Å². The third-order valence-electron chi connectivity index (χ3n) is 5.02. The van der Waals surface area contributed by atoms with Crippen LogP contribution in [-0.4, -0.2) is 30.4 Å². The monoisotopic (exact) mass is 253 g/mol. The Labute approximate surface area is 113 Å². The van der Waals surface area contributed by atoms with Crippen molar-refractivity contribution in [3.8, 4) is 0 Å². The number of nitrogens with one attached hydrogen (secondary N) is 1. The fourth-order valence-corrected chi connectivity index (χ4v) is 2.93. The number of rotatable bonds is 7. The molecular weight excluding hydrogens is 222 g/mol. The average Bonchev–Trinajstić information content (AvgIpc) is 2.73. The van der Waals surface area contributed by atoms with E-state index in [-0.39, 0.29) is 5.41 Å². The molecule has 0 aromatic heterocycles. The van der Waals surface area contributed by atoms with Crippen molar-refractivity contribution < 1.29 is 0 Å². The van der Waals surface area contributed by atoms with Crippen molar-refractivity contribution in [2.75, 3.05) is 19.6 Å². The molecule has 18 heavy (non-hydrogen) atoms. The van der Waals surface area contributed by atoms with Gasteiger partial charge in [0.25, 0.3) is 0 Å². The van der Waals surface area contributed by atoms with Crippen LogP contribution in [0.1, 0.15) is 59.8 Å². The van der Waals surface area contributed by atoms with E-state index in [4.69, 9.17) is 11.1 Å². The maximum atomic E-state index is 7.57. The zero-order chi connectivity index (χ0) is 13.8. The lowest BCUT2D eigenvalue weighted by Crippen LogP contribution is -2.32. The number of likely N-dealkylation sites (tertiary alicyclic amines) is 1. The Morgan fingerprint density at radius 1 is 1.33 bits per heavy atom. The smallest absolute Gasteiger partial charge is 0.0963 e. The maximum absolute atomic E-state index is 7.57. The second-order valence-corrected chi connectivity index (χ2v) is 6.63. The lowest BCUT2D eigenvalue weighted by molar-refractivity contribution is 0.233. The van der Waals surface area contributed by atoms with Crippen LogP contribution in [0, 0.1) is 16.2 Å². The molecule has 1 saturated heterocycles. The number of amidine groups is 1. The fraction of sp³-hybridized carbons (Fsp3) is 0.933. The van der Waals surface area contributed by atoms with E-state index < -0.39 is 0 Å². The standard InChI is InChI=1S/C15H31N3/c1-5-15(6-2)9-11-18(12-15)10-7-8-14(3,4)13(16)17/h5-12H2,1-4H3,(H3,16,17).